The molecule has 150 valence electrons. The van der Waals surface area contributed by atoms with E-state index in [2.05, 4.69) is 16.0 Å². The molecule has 0 atom stereocenters. The van der Waals surface area contributed by atoms with E-state index in [9.17, 15) is 9.59 Å². The van der Waals surface area contributed by atoms with Gasteiger partial charge in [-0.1, -0.05) is 34.8 Å². The first-order valence-electron chi connectivity index (χ1n) is 8.51. The average molecular weight is 453 g/mol. The maximum atomic E-state index is 12.1. The molecule has 3 N–H and O–H groups in total. The fraction of sp³-hybridized carbons (Fsp3) is 0.100. The predicted octanol–water partition coefficient (Wildman–Crippen LogP) is 5.22. The third kappa shape index (κ3) is 5.90. The Hall–Kier alpha value is -2.67. The van der Waals surface area contributed by atoms with Gasteiger partial charge < -0.3 is 20.4 Å². The number of nitrogens with one attached hydrogen (secondary N) is 3. The highest BCUT2D eigenvalue weighted by molar-refractivity contribution is 6.44. The molecule has 0 unspecified atom stereocenters. The first kappa shape index (κ1) is 21.0. The van der Waals surface area contributed by atoms with Crippen LogP contribution in [0.25, 0.3) is 0 Å². The Morgan fingerprint density at radius 1 is 0.931 bits per heavy atom. The van der Waals surface area contributed by atoms with Gasteiger partial charge >= 0.3 is 0 Å². The molecule has 0 aliphatic heterocycles. The molecule has 2 amide bonds. The van der Waals surface area contributed by atoms with Gasteiger partial charge in [-0.15, -0.1) is 0 Å². The van der Waals surface area contributed by atoms with Crippen LogP contribution in [0.1, 0.15) is 16.1 Å². The van der Waals surface area contributed by atoms with Crippen LogP contribution >= 0.6 is 34.8 Å². The van der Waals surface area contributed by atoms with Crippen LogP contribution in [-0.2, 0) is 11.3 Å². The Labute approximate surface area is 182 Å². The number of hydrogen-bond acceptors (Lipinski definition) is 4. The van der Waals surface area contributed by atoms with E-state index < -0.39 is 0 Å². The van der Waals surface area contributed by atoms with Crippen LogP contribution in [0.3, 0.4) is 0 Å². The summed E-state index contributed by atoms with van der Waals surface area (Å²) in [4.78, 5) is 24.3. The average Bonchev–Trinajstić information content (AvgIpc) is 3.22. The molecule has 3 aromatic rings. The lowest BCUT2D eigenvalue weighted by Gasteiger charge is -2.11. The van der Waals surface area contributed by atoms with Crippen molar-refractivity contribution in [3.8, 4) is 0 Å². The predicted molar refractivity (Wildman–Crippen MR) is 115 cm³/mol. The zero-order valence-corrected chi connectivity index (χ0v) is 17.2. The second kappa shape index (κ2) is 9.69. The van der Waals surface area contributed by atoms with Crippen molar-refractivity contribution in [1.82, 2.24) is 5.32 Å². The fourth-order valence-corrected chi connectivity index (χ4v) is 3.04. The van der Waals surface area contributed by atoms with Crippen LogP contribution in [0.2, 0.25) is 15.1 Å². The van der Waals surface area contributed by atoms with Gasteiger partial charge in [-0.05, 0) is 48.5 Å². The van der Waals surface area contributed by atoms with E-state index in [0.717, 1.165) is 0 Å². The molecule has 0 saturated heterocycles. The van der Waals surface area contributed by atoms with Crippen LogP contribution in [0.15, 0.2) is 59.2 Å². The standard InChI is InChI=1S/C20H16Cl3N3O3/c21-15-8-17(23)18(9-16(15)22)24-11-19(27)26-13-5-3-12(4-6-13)20(28)25-10-14-2-1-7-29-14/h1-9,24H,10-11H2,(H,25,28)(H,26,27). The highest BCUT2D eigenvalue weighted by Crippen LogP contribution is 2.32. The summed E-state index contributed by atoms with van der Waals surface area (Å²) in [5.74, 6) is 0.133. The van der Waals surface area contributed by atoms with Gasteiger partial charge in [-0.2, -0.15) is 0 Å². The summed E-state index contributed by atoms with van der Waals surface area (Å²) in [5, 5.41) is 9.40. The fourth-order valence-electron chi connectivity index (χ4n) is 2.43. The van der Waals surface area contributed by atoms with Gasteiger partial charge in [0.25, 0.3) is 5.91 Å². The monoisotopic (exact) mass is 451 g/mol. The number of anilines is 2. The topological polar surface area (TPSA) is 83.4 Å². The summed E-state index contributed by atoms with van der Waals surface area (Å²) >= 11 is 17.9. The summed E-state index contributed by atoms with van der Waals surface area (Å²) in [7, 11) is 0. The van der Waals surface area contributed by atoms with E-state index in [1.165, 1.54) is 6.07 Å². The first-order valence-corrected chi connectivity index (χ1v) is 9.64. The maximum absolute atomic E-state index is 12.1. The van der Waals surface area contributed by atoms with Crippen molar-refractivity contribution in [3.63, 3.8) is 0 Å². The Bertz CT molecular complexity index is 1010. The van der Waals surface area contributed by atoms with E-state index in [-0.39, 0.29) is 18.4 Å². The second-order valence-electron chi connectivity index (χ2n) is 5.99. The van der Waals surface area contributed by atoms with Crippen molar-refractivity contribution in [2.45, 2.75) is 6.54 Å². The van der Waals surface area contributed by atoms with Gasteiger partial charge in [-0.25, -0.2) is 0 Å². The zero-order valence-electron chi connectivity index (χ0n) is 15.0. The molecule has 0 aliphatic carbocycles. The molecule has 0 fully saturated rings. The van der Waals surface area contributed by atoms with E-state index in [1.54, 1.807) is 48.7 Å². The molecule has 29 heavy (non-hydrogen) atoms. The second-order valence-corrected chi connectivity index (χ2v) is 7.21. The lowest BCUT2D eigenvalue weighted by molar-refractivity contribution is -0.114. The number of amides is 2. The van der Waals surface area contributed by atoms with Crippen LogP contribution in [0.4, 0.5) is 11.4 Å². The Kier molecular flexibility index (Phi) is 7.04. The molecule has 0 radical (unpaired) electrons. The van der Waals surface area contributed by atoms with Crippen molar-refractivity contribution < 1.29 is 14.0 Å². The molecule has 0 aliphatic rings. The van der Waals surface area contributed by atoms with Gasteiger partial charge in [0.05, 0.1) is 40.1 Å². The minimum Gasteiger partial charge on any atom is -0.467 e. The van der Waals surface area contributed by atoms with E-state index in [1.807, 2.05) is 0 Å². The molecular formula is C20H16Cl3N3O3. The summed E-state index contributed by atoms with van der Waals surface area (Å²) in [6.45, 7) is 0.274. The number of rotatable bonds is 7. The number of benzene rings is 2. The third-order valence-electron chi connectivity index (χ3n) is 3.88. The SMILES string of the molecule is O=C(CNc1cc(Cl)c(Cl)cc1Cl)Nc1ccc(C(=O)NCc2ccco2)cc1. The van der Waals surface area contributed by atoms with Gasteiger partial charge in [0.2, 0.25) is 5.91 Å². The maximum Gasteiger partial charge on any atom is 0.251 e. The molecule has 3 rings (SSSR count). The molecule has 1 aromatic heterocycles. The number of carbonyl (C=O) groups is 2. The van der Waals surface area contributed by atoms with Gasteiger partial charge in [0.15, 0.2) is 0 Å². The zero-order chi connectivity index (χ0) is 20.8. The van der Waals surface area contributed by atoms with E-state index >= 15 is 0 Å². The van der Waals surface area contributed by atoms with Crippen molar-refractivity contribution in [3.05, 3.63) is 81.2 Å². The van der Waals surface area contributed by atoms with Gasteiger partial charge in [-0.3, -0.25) is 9.59 Å². The molecule has 9 heteroatoms. The van der Waals surface area contributed by atoms with E-state index in [4.69, 9.17) is 39.2 Å². The number of carbonyl (C=O) groups excluding carboxylic acids is 2. The van der Waals surface area contributed by atoms with Crippen LogP contribution in [-0.4, -0.2) is 18.4 Å². The van der Waals surface area contributed by atoms with E-state index in [0.29, 0.717) is 44.3 Å². The summed E-state index contributed by atoms with van der Waals surface area (Å²) in [5.41, 5.74) is 1.52. The van der Waals surface area contributed by atoms with Crippen molar-refractivity contribution in [2.24, 2.45) is 0 Å². The largest absolute Gasteiger partial charge is 0.467 e. The minimum absolute atomic E-state index is 0.0247. The smallest absolute Gasteiger partial charge is 0.251 e. The number of furan rings is 1. The third-order valence-corrected chi connectivity index (χ3v) is 4.92. The van der Waals surface area contributed by atoms with Crippen molar-refractivity contribution in [1.29, 1.82) is 0 Å². The molecule has 2 aromatic carbocycles. The van der Waals surface area contributed by atoms with Crippen LogP contribution in [0.5, 0.6) is 0 Å². The highest BCUT2D eigenvalue weighted by Gasteiger charge is 2.09. The number of hydrogen-bond donors (Lipinski definition) is 3. The van der Waals surface area contributed by atoms with Gasteiger partial charge in [0.1, 0.15) is 5.76 Å². The van der Waals surface area contributed by atoms with Gasteiger partial charge in [0, 0.05) is 11.3 Å². The first-order chi connectivity index (χ1) is 13.9. The Morgan fingerprint density at radius 2 is 1.66 bits per heavy atom. The molecular weight excluding hydrogens is 437 g/mol. The normalized spacial score (nSPS) is 10.4. The van der Waals surface area contributed by atoms with Crippen LogP contribution < -0.4 is 16.0 Å². The molecule has 0 spiro atoms. The Balaban J connectivity index is 1.50. The van der Waals surface area contributed by atoms with Crippen molar-refractivity contribution in [2.75, 3.05) is 17.2 Å². The summed E-state index contributed by atoms with van der Waals surface area (Å²) in [6.07, 6.45) is 1.54. The lowest BCUT2D eigenvalue weighted by atomic mass is 10.2. The highest BCUT2D eigenvalue weighted by atomic mass is 35.5. The molecule has 1 heterocycles. The molecule has 0 bridgehead atoms. The van der Waals surface area contributed by atoms with Crippen LogP contribution in [0, 0.1) is 0 Å². The Morgan fingerprint density at radius 3 is 2.34 bits per heavy atom. The van der Waals surface area contributed by atoms with Crippen molar-refractivity contribution >= 4 is 58.0 Å². The summed E-state index contributed by atoms with van der Waals surface area (Å²) in [6, 6.07) is 13.1. The number of halogens is 3. The molecule has 6 nitrogen and oxygen atoms in total. The molecule has 0 saturated carbocycles. The minimum atomic E-state index is -0.290. The quantitative estimate of drug-likeness (QED) is 0.429. The summed E-state index contributed by atoms with van der Waals surface area (Å²) < 4.78 is 5.17. The lowest BCUT2D eigenvalue weighted by Crippen LogP contribution is -2.23.